The van der Waals surface area contributed by atoms with Gasteiger partial charge in [-0.15, -0.1) is 10.2 Å². The van der Waals surface area contributed by atoms with Crippen LogP contribution in [0.25, 0.3) is 0 Å². The summed E-state index contributed by atoms with van der Waals surface area (Å²) < 4.78 is 53.9. The third-order valence-corrected chi connectivity index (χ3v) is 6.79. The molecule has 1 aromatic heterocycles. The highest BCUT2D eigenvalue weighted by Crippen LogP contribution is 2.37. The Hall–Kier alpha value is -3.92. The van der Waals surface area contributed by atoms with Crippen LogP contribution in [0.4, 0.5) is 18.9 Å². The molecule has 290 valence electrons. The number of nitrogens with one attached hydrogen (secondary N) is 1. The molecule has 1 atom stereocenters. The van der Waals surface area contributed by atoms with E-state index in [4.69, 9.17) is 37.3 Å². The number of nitrogens with zero attached hydrogens (tertiary/aromatic N) is 4. The van der Waals surface area contributed by atoms with Gasteiger partial charge in [0.25, 0.3) is 11.2 Å². The first-order valence-corrected chi connectivity index (χ1v) is 19.7. The third-order valence-electron chi connectivity index (χ3n) is 5.23. The Morgan fingerprint density at radius 2 is 1.69 bits per heavy atom. The molecule has 1 unspecified atom stereocenters. The number of benzene rings is 2. The lowest BCUT2D eigenvalue weighted by Gasteiger charge is -2.16. The van der Waals surface area contributed by atoms with Gasteiger partial charge in [0, 0.05) is 17.5 Å². The smallest absolute Gasteiger partial charge is 0.416 e. The van der Waals surface area contributed by atoms with Crippen LogP contribution in [0.2, 0.25) is 5.02 Å². The van der Waals surface area contributed by atoms with Crippen LogP contribution >= 0.6 is 31.0 Å². The van der Waals surface area contributed by atoms with E-state index >= 15 is 0 Å². The van der Waals surface area contributed by atoms with E-state index in [1.807, 2.05) is 26.1 Å². The second-order valence-corrected chi connectivity index (χ2v) is 16.5. The number of nitrogens with two attached hydrogens (primary N) is 1. The normalized spacial score (nSPS) is 12.1. The second kappa shape index (κ2) is 20.9. The van der Waals surface area contributed by atoms with Crippen LogP contribution in [0.3, 0.4) is 0 Å². The molecular weight excluding hydrogens is 784 g/mol. The van der Waals surface area contributed by atoms with Gasteiger partial charge in [0.05, 0.1) is 47.1 Å². The van der Waals surface area contributed by atoms with Gasteiger partial charge in [-0.2, -0.15) is 17.8 Å². The zero-order chi connectivity index (χ0) is 40.8. The van der Waals surface area contributed by atoms with Gasteiger partial charge >= 0.3 is 18.1 Å². The van der Waals surface area contributed by atoms with E-state index in [0.29, 0.717) is 27.8 Å². The number of aromatic carboxylic acids is 1. The molecule has 24 heteroatoms. The average molecular weight is 821 g/mol. The fourth-order valence-corrected chi connectivity index (χ4v) is 4.11. The molecule has 6 N–H and O–H groups in total. The van der Waals surface area contributed by atoms with Crippen LogP contribution < -0.4 is 26.3 Å². The van der Waals surface area contributed by atoms with Crippen LogP contribution in [0.15, 0.2) is 46.3 Å². The second-order valence-electron chi connectivity index (χ2n) is 11.3. The van der Waals surface area contributed by atoms with Crippen molar-refractivity contribution in [2.45, 2.75) is 37.5 Å². The summed E-state index contributed by atoms with van der Waals surface area (Å²) in [5.41, 5.74) is -2.47. The summed E-state index contributed by atoms with van der Waals surface area (Å²) in [4.78, 5) is 60.4. The molecule has 0 bridgehead atoms. The number of aromatic nitrogens is 3. The summed E-state index contributed by atoms with van der Waals surface area (Å²) in [6.07, 6.45) is 3.09. The first kappa shape index (κ1) is 48.1. The van der Waals surface area contributed by atoms with Crippen molar-refractivity contribution >= 4 is 59.5 Å². The maximum Gasteiger partial charge on any atom is 0.416 e. The van der Waals surface area contributed by atoms with E-state index in [0.717, 1.165) is 35.0 Å². The van der Waals surface area contributed by atoms with E-state index in [1.165, 1.54) is 11.8 Å². The minimum absolute atomic E-state index is 0.125. The Labute approximate surface area is 307 Å². The summed E-state index contributed by atoms with van der Waals surface area (Å²) >= 11 is 7.01. The Bertz CT molecular complexity index is 1800. The predicted molar refractivity (Wildman–Crippen MR) is 189 cm³/mol. The number of hydrogen-bond donors (Lipinski definition) is 5. The zero-order valence-corrected chi connectivity index (χ0v) is 31.9. The fraction of sp³-hybridized carbons (Fsp3) is 0.393. The van der Waals surface area contributed by atoms with Crippen molar-refractivity contribution in [3.63, 3.8) is 0 Å². The highest BCUT2D eigenvalue weighted by molar-refractivity contribution is 7.98. The maximum atomic E-state index is 12.6. The van der Waals surface area contributed by atoms with Gasteiger partial charge in [-0.3, -0.25) is 25.0 Å². The Balaban J connectivity index is 0.000000784. The number of nitro benzene ring substituents is 1. The SMILES string of the molecule is CSc1nnc(C(C)(C)C)c(=O)n1N.C[S+](C)C.O=C(O)CNCP(=O)([O-])O.O=C(O)c1cc(Oc2ccc(C(F)(F)F)cc2Cl)ccc1[N+](=O)[O-]. The monoisotopic (exact) mass is 820 g/mol. The third kappa shape index (κ3) is 18.0. The molecule has 1 heterocycles. The minimum Gasteiger partial charge on any atom is -0.778 e. The van der Waals surface area contributed by atoms with E-state index in [1.54, 1.807) is 6.26 Å². The van der Waals surface area contributed by atoms with Crippen molar-refractivity contribution in [2.24, 2.45) is 0 Å². The Morgan fingerprint density at radius 1 is 1.13 bits per heavy atom. The van der Waals surface area contributed by atoms with E-state index in [-0.39, 0.29) is 27.5 Å². The molecule has 17 nitrogen and oxygen atoms in total. The topological polar surface area (TPSA) is 273 Å². The molecule has 0 saturated heterocycles. The number of carbonyl (C=O) groups is 2. The number of halogens is 4. The number of carboxylic acids is 2. The molecule has 0 aliphatic rings. The number of thioether (sulfide) groups is 1. The number of aliphatic carboxylic acids is 1. The van der Waals surface area contributed by atoms with E-state index < -0.39 is 60.3 Å². The van der Waals surface area contributed by atoms with E-state index in [2.05, 4.69) is 29.0 Å². The molecule has 0 aliphatic carbocycles. The molecular formula is C28H37ClF3N6O11PS2. The van der Waals surface area contributed by atoms with Crippen molar-refractivity contribution in [1.82, 2.24) is 20.2 Å². The first-order valence-electron chi connectivity index (χ1n) is 13.9. The number of rotatable bonds is 9. The number of nitro groups is 1. The van der Waals surface area contributed by atoms with Gasteiger partial charge in [0.1, 0.15) is 30.4 Å². The lowest BCUT2D eigenvalue weighted by Crippen LogP contribution is -2.37. The van der Waals surface area contributed by atoms with Gasteiger partial charge in [-0.1, -0.05) is 44.1 Å². The minimum atomic E-state index is -4.58. The van der Waals surface area contributed by atoms with Crippen LogP contribution in [-0.4, -0.2) is 84.7 Å². The van der Waals surface area contributed by atoms with E-state index in [9.17, 15) is 47.1 Å². The molecule has 0 fully saturated rings. The van der Waals surface area contributed by atoms with Crippen molar-refractivity contribution in [3.05, 3.63) is 78.7 Å². The van der Waals surface area contributed by atoms with Gasteiger partial charge in [0.2, 0.25) is 5.16 Å². The van der Waals surface area contributed by atoms with Crippen LogP contribution in [0, 0.1) is 10.1 Å². The quantitative estimate of drug-likeness (QED) is 0.0513. The Morgan fingerprint density at radius 3 is 2.10 bits per heavy atom. The number of hydrogen-bond acceptors (Lipinski definition) is 13. The lowest BCUT2D eigenvalue weighted by molar-refractivity contribution is -0.385. The lowest BCUT2D eigenvalue weighted by atomic mass is 9.93. The van der Waals surface area contributed by atoms with Crippen molar-refractivity contribution in [1.29, 1.82) is 0 Å². The summed E-state index contributed by atoms with van der Waals surface area (Å²) in [5, 5.41) is 37.5. The molecule has 0 amide bonds. The molecule has 3 aromatic rings. The fourth-order valence-electron chi connectivity index (χ4n) is 3.09. The van der Waals surface area contributed by atoms with Gasteiger partial charge in [-0.25, -0.2) is 4.79 Å². The number of carboxylic acid groups (broad SMARTS) is 2. The summed E-state index contributed by atoms with van der Waals surface area (Å²) in [7, 11) is -3.71. The highest BCUT2D eigenvalue weighted by atomic mass is 35.5. The summed E-state index contributed by atoms with van der Waals surface area (Å²) in [5.74, 6) is 2.57. The standard InChI is InChI=1S/C14H7ClF3NO5.C8H14N4OS.C3H8NO5P.C3H9S/c15-10-5-7(14(16,17)18)1-4-12(10)24-8-2-3-11(19(22)23)9(6-8)13(20)21;1-8(2,3)5-6(13)12(9)7(14-4)11-10-5;5-3(6)1-4-2-10(7,8)9;1-4(2)3/h1-6H,(H,20,21);9H2,1-4H3;4H,1-2H2,(H,5,6)(H2,7,8,9);1-3H3/q;;;+1/p-1. The van der Waals surface area contributed by atoms with Crippen LogP contribution in [0.5, 0.6) is 11.5 Å². The van der Waals surface area contributed by atoms with Crippen molar-refractivity contribution < 1.29 is 57.0 Å². The average Bonchev–Trinajstić information content (AvgIpc) is 2.97. The first-order chi connectivity index (χ1) is 23.6. The predicted octanol–water partition coefficient (Wildman–Crippen LogP) is 3.79. The zero-order valence-electron chi connectivity index (χ0n) is 28.6. The Kier molecular flexibility index (Phi) is 19.4. The number of alkyl halides is 3. The molecule has 0 saturated carbocycles. The van der Waals surface area contributed by atoms with Crippen molar-refractivity contribution in [3.8, 4) is 11.5 Å². The maximum absolute atomic E-state index is 12.6. The molecule has 2 aromatic carbocycles. The van der Waals surface area contributed by atoms with Gasteiger partial charge in [-0.05, 0) is 41.4 Å². The van der Waals surface area contributed by atoms with Crippen LogP contribution in [0.1, 0.15) is 42.4 Å². The molecule has 0 radical (unpaired) electrons. The number of nitrogen functional groups attached to an aromatic ring is 1. The van der Waals surface area contributed by atoms with Gasteiger partial charge < -0.3 is 35.1 Å². The van der Waals surface area contributed by atoms with Crippen molar-refractivity contribution in [2.75, 3.05) is 43.7 Å². The largest absolute Gasteiger partial charge is 0.778 e. The van der Waals surface area contributed by atoms with Crippen LogP contribution in [-0.2, 0) is 31.8 Å². The van der Waals surface area contributed by atoms with Gasteiger partial charge in [0.15, 0.2) is 0 Å². The molecule has 0 aliphatic heterocycles. The molecule has 3 rings (SSSR count). The number of ether oxygens (including phenoxy) is 1. The summed E-state index contributed by atoms with van der Waals surface area (Å²) in [6.45, 7) is 5.22. The molecule has 0 spiro atoms. The summed E-state index contributed by atoms with van der Waals surface area (Å²) in [6, 6.07) is 5.27. The molecule has 52 heavy (non-hydrogen) atoms. The highest BCUT2D eigenvalue weighted by Gasteiger charge is 2.31.